The van der Waals surface area contributed by atoms with E-state index in [0.717, 1.165) is 36.6 Å². The van der Waals surface area contributed by atoms with E-state index in [4.69, 9.17) is 14.3 Å². The zero-order valence-corrected chi connectivity index (χ0v) is 18.5. The molecule has 0 radical (unpaired) electrons. The molecule has 0 saturated carbocycles. The van der Waals surface area contributed by atoms with E-state index in [9.17, 15) is 0 Å². The fourth-order valence-corrected chi connectivity index (χ4v) is 3.26. The Hall–Kier alpha value is -2.76. The first-order valence-corrected chi connectivity index (χ1v) is 10.0. The van der Waals surface area contributed by atoms with Gasteiger partial charge in [-0.1, -0.05) is 17.3 Å². The molecule has 1 aromatic heterocycles. The van der Waals surface area contributed by atoms with Crippen molar-refractivity contribution < 1.29 is 14.3 Å². The molecule has 6 heteroatoms. The lowest BCUT2D eigenvalue weighted by Gasteiger charge is -2.13. The van der Waals surface area contributed by atoms with Crippen LogP contribution in [0.15, 0.2) is 35.8 Å². The Kier molecular flexibility index (Phi) is 8.77. The summed E-state index contributed by atoms with van der Waals surface area (Å²) >= 11 is 0. The van der Waals surface area contributed by atoms with E-state index in [2.05, 4.69) is 36.1 Å². The van der Waals surface area contributed by atoms with Crippen molar-refractivity contribution in [2.45, 2.75) is 47.0 Å². The van der Waals surface area contributed by atoms with Crippen LogP contribution in [0, 0.1) is 13.8 Å². The third kappa shape index (κ3) is 6.38. The number of benzene rings is 1. The van der Waals surface area contributed by atoms with Gasteiger partial charge in [0.05, 0.1) is 12.9 Å². The fraction of sp³-hybridized carbons (Fsp3) is 0.478. The van der Waals surface area contributed by atoms with Gasteiger partial charge in [-0.15, -0.1) is 0 Å². The van der Waals surface area contributed by atoms with Crippen LogP contribution in [-0.4, -0.2) is 35.6 Å². The molecule has 1 heterocycles. The summed E-state index contributed by atoms with van der Waals surface area (Å²) in [4.78, 5) is 9.19. The van der Waals surface area contributed by atoms with Crippen LogP contribution in [0.2, 0.25) is 0 Å². The van der Waals surface area contributed by atoms with Gasteiger partial charge in [-0.3, -0.25) is 0 Å². The zero-order valence-electron chi connectivity index (χ0n) is 18.5. The molecule has 0 unspecified atom stereocenters. The molecule has 0 bridgehead atoms. The van der Waals surface area contributed by atoms with Gasteiger partial charge in [-0.05, 0) is 75.8 Å². The van der Waals surface area contributed by atoms with Crippen molar-refractivity contribution in [3.05, 3.63) is 53.0 Å². The summed E-state index contributed by atoms with van der Waals surface area (Å²) in [5, 5.41) is 3.95. The molecular weight excluding hydrogens is 366 g/mol. The van der Waals surface area contributed by atoms with Gasteiger partial charge in [0.25, 0.3) is 0 Å². The third-order valence-corrected chi connectivity index (χ3v) is 4.77. The minimum atomic E-state index is 0.608. The number of oxime groups is 1. The molecule has 2 rings (SSSR count). The maximum atomic E-state index is 5.99. The standard InChI is InChI=1S/C23H33N3O3/c1-7-8-12-28-20-14-17(2)21(18(3)15-20)11-9-10-13-29-23-22(19(4)25-27-6)24-16-26(23)5/h7-8,14-16H,9-13H2,1-6H3/b8-7+,25-19?. The highest BCUT2D eigenvalue weighted by molar-refractivity contribution is 5.98. The number of aryl methyl sites for hydroxylation is 3. The highest BCUT2D eigenvalue weighted by Gasteiger charge is 2.14. The average Bonchev–Trinajstić information content (AvgIpc) is 3.04. The minimum absolute atomic E-state index is 0.608. The topological polar surface area (TPSA) is 57.9 Å². The lowest BCUT2D eigenvalue weighted by molar-refractivity contribution is 0.213. The monoisotopic (exact) mass is 399 g/mol. The van der Waals surface area contributed by atoms with E-state index in [-0.39, 0.29) is 0 Å². The Morgan fingerprint density at radius 3 is 2.55 bits per heavy atom. The van der Waals surface area contributed by atoms with E-state index in [0.29, 0.717) is 18.9 Å². The van der Waals surface area contributed by atoms with Gasteiger partial charge in [-0.25, -0.2) is 4.98 Å². The normalized spacial score (nSPS) is 11.9. The van der Waals surface area contributed by atoms with E-state index in [1.165, 1.54) is 23.8 Å². The van der Waals surface area contributed by atoms with Gasteiger partial charge in [-0.2, -0.15) is 0 Å². The molecule has 0 atom stereocenters. The van der Waals surface area contributed by atoms with Crippen molar-refractivity contribution in [3.63, 3.8) is 0 Å². The van der Waals surface area contributed by atoms with Crippen LogP contribution in [0.25, 0.3) is 0 Å². The maximum Gasteiger partial charge on any atom is 0.223 e. The molecule has 0 N–H and O–H groups in total. The summed E-state index contributed by atoms with van der Waals surface area (Å²) in [5.74, 6) is 1.65. The van der Waals surface area contributed by atoms with Crippen molar-refractivity contribution in [2.24, 2.45) is 12.2 Å². The summed E-state index contributed by atoms with van der Waals surface area (Å²) in [6, 6.07) is 4.25. The van der Waals surface area contributed by atoms with Gasteiger partial charge in [0, 0.05) is 7.05 Å². The Morgan fingerprint density at radius 2 is 1.90 bits per heavy atom. The largest absolute Gasteiger partial charge is 0.490 e. The van der Waals surface area contributed by atoms with Crippen molar-refractivity contribution >= 4 is 5.71 Å². The van der Waals surface area contributed by atoms with E-state index in [1.807, 2.05) is 37.6 Å². The van der Waals surface area contributed by atoms with Crippen molar-refractivity contribution in [1.82, 2.24) is 9.55 Å². The van der Waals surface area contributed by atoms with Crippen molar-refractivity contribution in [2.75, 3.05) is 20.3 Å². The summed E-state index contributed by atoms with van der Waals surface area (Å²) in [6.07, 6.45) is 8.78. The number of imidazole rings is 1. The van der Waals surface area contributed by atoms with Crippen LogP contribution in [0.5, 0.6) is 11.6 Å². The van der Waals surface area contributed by atoms with Gasteiger partial charge in [0.15, 0.2) is 0 Å². The summed E-state index contributed by atoms with van der Waals surface area (Å²) < 4.78 is 13.6. The van der Waals surface area contributed by atoms with Gasteiger partial charge < -0.3 is 18.9 Å². The minimum Gasteiger partial charge on any atom is -0.490 e. The number of hydrogen-bond donors (Lipinski definition) is 0. The molecule has 2 aromatic rings. The molecule has 0 fully saturated rings. The molecule has 29 heavy (non-hydrogen) atoms. The molecule has 0 aliphatic carbocycles. The van der Waals surface area contributed by atoms with Crippen LogP contribution in [0.4, 0.5) is 0 Å². The Bertz CT molecular complexity index is 830. The van der Waals surface area contributed by atoms with E-state index in [1.54, 1.807) is 6.33 Å². The molecule has 0 aliphatic rings. The predicted molar refractivity (Wildman–Crippen MR) is 117 cm³/mol. The second kappa shape index (κ2) is 11.3. The van der Waals surface area contributed by atoms with Crippen molar-refractivity contribution in [3.8, 4) is 11.6 Å². The Morgan fingerprint density at radius 1 is 1.17 bits per heavy atom. The summed E-state index contributed by atoms with van der Waals surface area (Å²) in [5.41, 5.74) is 5.37. The number of nitrogens with zero attached hydrogens (tertiary/aromatic N) is 3. The van der Waals surface area contributed by atoms with Gasteiger partial charge in [0.1, 0.15) is 30.9 Å². The van der Waals surface area contributed by atoms with Crippen molar-refractivity contribution in [1.29, 1.82) is 0 Å². The number of rotatable bonds is 11. The van der Waals surface area contributed by atoms with Crippen LogP contribution >= 0.6 is 0 Å². The SMILES string of the molecule is C/C=C/COc1cc(C)c(CCCCOc2c(C(C)=NOC)ncn2C)c(C)c1. The molecule has 158 valence electrons. The van der Waals surface area contributed by atoms with E-state index < -0.39 is 0 Å². The highest BCUT2D eigenvalue weighted by Crippen LogP contribution is 2.24. The van der Waals surface area contributed by atoms with Crippen LogP contribution in [-0.2, 0) is 18.3 Å². The maximum absolute atomic E-state index is 5.99. The van der Waals surface area contributed by atoms with Gasteiger partial charge in [0.2, 0.25) is 5.88 Å². The lowest BCUT2D eigenvalue weighted by Crippen LogP contribution is -2.07. The molecular formula is C23H33N3O3. The second-order valence-electron chi connectivity index (χ2n) is 7.09. The Labute approximate surface area is 174 Å². The third-order valence-electron chi connectivity index (χ3n) is 4.77. The fourth-order valence-electron chi connectivity index (χ4n) is 3.26. The molecule has 0 spiro atoms. The zero-order chi connectivity index (χ0) is 21.2. The second-order valence-corrected chi connectivity index (χ2v) is 7.09. The highest BCUT2D eigenvalue weighted by atomic mass is 16.6. The number of allylic oxidation sites excluding steroid dienone is 1. The van der Waals surface area contributed by atoms with Crippen LogP contribution in [0.3, 0.4) is 0 Å². The molecule has 1 aromatic carbocycles. The number of aromatic nitrogens is 2. The molecule has 6 nitrogen and oxygen atoms in total. The first-order valence-electron chi connectivity index (χ1n) is 10.0. The summed E-state index contributed by atoms with van der Waals surface area (Å²) in [7, 11) is 3.44. The quantitative estimate of drug-likeness (QED) is 0.236. The number of hydrogen-bond acceptors (Lipinski definition) is 5. The van der Waals surface area contributed by atoms with Crippen LogP contribution in [0.1, 0.15) is 49.1 Å². The first-order chi connectivity index (χ1) is 14.0. The first kappa shape index (κ1) is 22.5. The van der Waals surface area contributed by atoms with E-state index >= 15 is 0 Å². The smallest absolute Gasteiger partial charge is 0.223 e. The lowest BCUT2D eigenvalue weighted by atomic mass is 9.97. The average molecular weight is 400 g/mol. The van der Waals surface area contributed by atoms with Crippen LogP contribution < -0.4 is 9.47 Å². The Balaban J connectivity index is 1.87. The molecule has 0 amide bonds. The summed E-state index contributed by atoms with van der Waals surface area (Å²) in [6.45, 7) is 9.40. The predicted octanol–water partition coefficient (Wildman–Crippen LogP) is 4.76. The van der Waals surface area contributed by atoms with Gasteiger partial charge >= 0.3 is 0 Å². The number of unbranched alkanes of at least 4 members (excludes halogenated alkanes) is 1. The molecule has 0 saturated heterocycles. The number of ether oxygens (including phenoxy) is 2. The molecule has 0 aliphatic heterocycles.